The average molecular weight is 712 g/mol. The number of carboxylic acids is 2. The van der Waals surface area contributed by atoms with E-state index in [1.54, 1.807) is 6.20 Å². The van der Waals surface area contributed by atoms with Gasteiger partial charge >= 0.3 is 24.3 Å². The van der Waals surface area contributed by atoms with Crippen molar-refractivity contribution in [3.05, 3.63) is 52.1 Å². The molecule has 0 radical (unpaired) electrons. The largest absolute Gasteiger partial charge is 0.490 e. The minimum absolute atomic E-state index is 0.00447. The summed E-state index contributed by atoms with van der Waals surface area (Å²) in [5.41, 5.74) is -1.75. The summed E-state index contributed by atoms with van der Waals surface area (Å²) in [7, 11) is 0. The van der Waals surface area contributed by atoms with Crippen molar-refractivity contribution in [2.75, 3.05) is 31.6 Å². The van der Waals surface area contributed by atoms with Crippen LogP contribution in [0.1, 0.15) is 24.2 Å². The van der Waals surface area contributed by atoms with Crippen LogP contribution in [0.25, 0.3) is 11.0 Å². The number of pyridine rings is 2. The molecule has 4 N–H and O–H groups in total. The molecule has 3 aliphatic rings. The van der Waals surface area contributed by atoms with Gasteiger partial charge in [-0.3, -0.25) is 19.5 Å². The second kappa shape index (κ2) is 14.2. The Hall–Kier alpha value is -4.99. The lowest BCUT2D eigenvalue weighted by molar-refractivity contribution is -0.193. The van der Waals surface area contributed by atoms with E-state index < -0.39 is 35.8 Å². The quantitative estimate of drug-likeness (QED) is 0.284. The van der Waals surface area contributed by atoms with E-state index in [1.807, 2.05) is 4.90 Å². The number of nitrogens with one attached hydrogen (secondary N) is 2. The van der Waals surface area contributed by atoms with E-state index in [1.165, 1.54) is 16.7 Å². The molecule has 1 amide bonds. The van der Waals surface area contributed by atoms with Crippen LogP contribution in [-0.4, -0.2) is 97.1 Å². The first kappa shape index (κ1) is 36.8. The molecule has 1 fully saturated rings. The number of amides is 1. The predicted octanol–water partition coefficient (Wildman–Crippen LogP) is 2.36. The van der Waals surface area contributed by atoms with Gasteiger partial charge in [-0.1, -0.05) is 0 Å². The van der Waals surface area contributed by atoms with E-state index in [-0.39, 0.29) is 48.3 Å². The molecule has 0 spiro atoms. The highest BCUT2D eigenvalue weighted by Gasteiger charge is 2.45. The van der Waals surface area contributed by atoms with Crippen molar-refractivity contribution in [3.63, 3.8) is 0 Å². The number of fused-ring (bicyclic) bond motifs is 1. The zero-order valence-corrected chi connectivity index (χ0v) is 24.7. The summed E-state index contributed by atoms with van der Waals surface area (Å²) in [6.45, 7) is 1.41. The molecule has 0 aliphatic carbocycles. The van der Waals surface area contributed by atoms with Crippen LogP contribution in [0.5, 0.6) is 5.75 Å². The van der Waals surface area contributed by atoms with Crippen molar-refractivity contribution in [2.45, 2.75) is 50.0 Å². The summed E-state index contributed by atoms with van der Waals surface area (Å²) in [5, 5.41) is 20.3. The van der Waals surface area contributed by atoms with Crippen molar-refractivity contribution in [2.24, 2.45) is 0 Å². The maximum Gasteiger partial charge on any atom is 0.490 e. The number of carbonyl (C=O) groups excluding carboxylic acids is 1. The second-order valence-corrected chi connectivity index (χ2v) is 10.8. The number of hydrogen-bond donors (Lipinski definition) is 4. The first-order valence-electron chi connectivity index (χ1n) is 14.0. The third-order valence-electron chi connectivity index (χ3n) is 7.33. The van der Waals surface area contributed by atoms with E-state index in [4.69, 9.17) is 24.5 Å². The lowest BCUT2D eigenvalue weighted by atomic mass is 9.95. The van der Waals surface area contributed by atoms with E-state index in [0.717, 1.165) is 19.0 Å². The minimum atomic E-state index is -5.08. The number of likely N-dealkylation sites (tertiary alicyclic amines) is 1. The third-order valence-corrected chi connectivity index (χ3v) is 7.33. The molecule has 0 saturated carbocycles. The molecule has 22 heteroatoms. The number of anilines is 1. The molecule has 14 nitrogen and oxygen atoms in total. The fraction of sp³-hybridized carbons (Fsp3) is 0.444. The molecule has 0 bridgehead atoms. The highest BCUT2D eigenvalue weighted by atomic mass is 19.4. The molecule has 6 rings (SSSR count). The van der Waals surface area contributed by atoms with Crippen LogP contribution in [-0.2, 0) is 33.1 Å². The van der Waals surface area contributed by atoms with E-state index >= 15 is 4.39 Å². The van der Waals surface area contributed by atoms with Crippen LogP contribution < -0.4 is 20.9 Å². The van der Waals surface area contributed by atoms with E-state index in [0.29, 0.717) is 42.5 Å². The van der Waals surface area contributed by atoms with Crippen LogP contribution in [0.4, 0.5) is 40.9 Å². The summed E-state index contributed by atoms with van der Waals surface area (Å²) in [6.07, 6.45) is -6.06. The number of hydrogen-bond acceptors (Lipinski definition) is 10. The third kappa shape index (κ3) is 8.93. The Morgan fingerprint density at radius 1 is 1.02 bits per heavy atom. The average Bonchev–Trinajstić information content (AvgIpc) is 3.33. The SMILES string of the molecule is O=C(O)C(F)(F)F.O=C(O)C(F)(F)F.O=C1COc2cnc(CNC3CCN(C[C@]4(F)Cn5c(=O)ccc6ncc(F)c4c65)CC3)nc2N1. The molecule has 49 heavy (non-hydrogen) atoms. The number of aliphatic carboxylic acids is 2. The van der Waals surface area contributed by atoms with E-state index in [9.17, 15) is 40.3 Å². The maximum atomic E-state index is 16.2. The van der Waals surface area contributed by atoms with Gasteiger partial charge in [0.15, 0.2) is 23.8 Å². The topological polar surface area (TPSA) is 189 Å². The zero-order chi connectivity index (χ0) is 36.3. The van der Waals surface area contributed by atoms with Gasteiger partial charge in [-0.05, 0) is 32.0 Å². The molecule has 0 unspecified atom stereocenters. The first-order chi connectivity index (χ1) is 22.8. The van der Waals surface area contributed by atoms with Crippen molar-refractivity contribution >= 4 is 34.7 Å². The molecule has 3 aromatic rings. The van der Waals surface area contributed by atoms with Gasteiger partial charge in [0.05, 0.1) is 42.1 Å². The molecular formula is C27H25F8N7O7. The fourth-order valence-electron chi connectivity index (χ4n) is 5.16. The fourth-order valence-corrected chi connectivity index (χ4v) is 5.16. The Balaban J connectivity index is 0.000000327. The minimum Gasteiger partial charge on any atom is -0.478 e. The summed E-state index contributed by atoms with van der Waals surface area (Å²) < 4.78 is 101. The number of halogens is 8. The van der Waals surface area contributed by atoms with Crippen LogP contribution >= 0.6 is 0 Å². The maximum absolute atomic E-state index is 16.2. The molecule has 3 aromatic heterocycles. The van der Waals surface area contributed by atoms with Crippen LogP contribution in [0.3, 0.4) is 0 Å². The zero-order valence-electron chi connectivity index (χ0n) is 24.7. The Bertz CT molecular complexity index is 1770. The normalized spacial score (nSPS) is 19.1. The van der Waals surface area contributed by atoms with E-state index in [2.05, 4.69) is 25.6 Å². The Morgan fingerprint density at radius 2 is 1.63 bits per heavy atom. The van der Waals surface area contributed by atoms with Crippen LogP contribution in [0.15, 0.2) is 29.3 Å². The van der Waals surface area contributed by atoms with Gasteiger partial charge in [-0.15, -0.1) is 0 Å². The predicted molar refractivity (Wildman–Crippen MR) is 149 cm³/mol. The summed E-state index contributed by atoms with van der Waals surface area (Å²) in [6, 6.07) is 3.03. The summed E-state index contributed by atoms with van der Waals surface area (Å²) in [5.74, 6) is -5.15. The summed E-state index contributed by atoms with van der Waals surface area (Å²) >= 11 is 0. The molecule has 1 saturated heterocycles. The monoisotopic (exact) mass is 711 g/mol. The number of aromatic nitrogens is 4. The van der Waals surface area contributed by atoms with Crippen molar-refractivity contribution < 1.29 is 64.5 Å². The molecule has 6 heterocycles. The van der Waals surface area contributed by atoms with Crippen LogP contribution in [0, 0.1) is 5.82 Å². The number of ether oxygens (including phenoxy) is 1. The molecule has 3 aliphatic heterocycles. The number of carboxylic acid groups (broad SMARTS) is 2. The lowest BCUT2D eigenvalue weighted by Crippen LogP contribution is -2.47. The Labute approximate surface area is 268 Å². The van der Waals surface area contributed by atoms with Crippen molar-refractivity contribution in [3.8, 4) is 5.75 Å². The van der Waals surface area contributed by atoms with Gasteiger partial charge in [0.1, 0.15) is 11.6 Å². The van der Waals surface area contributed by atoms with Gasteiger partial charge in [-0.2, -0.15) is 26.3 Å². The van der Waals surface area contributed by atoms with Gasteiger partial charge in [0, 0.05) is 18.7 Å². The molecule has 0 aromatic carbocycles. The molecular weight excluding hydrogens is 686 g/mol. The number of alkyl halides is 7. The van der Waals surface area contributed by atoms with Gasteiger partial charge in [-0.25, -0.2) is 28.3 Å². The highest BCUT2D eigenvalue weighted by Crippen LogP contribution is 2.41. The number of carbonyl (C=O) groups is 3. The Morgan fingerprint density at radius 3 is 2.22 bits per heavy atom. The lowest BCUT2D eigenvalue weighted by Gasteiger charge is -2.36. The number of nitrogens with zero attached hydrogens (tertiary/aromatic N) is 5. The number of rotatable bonds is 5. The summed E-state index contributed by atoms with van der Waals surface area (Å²) in [4.78, 5) is 56.2. The first-order valence-corrected chi connectivity index (χ1v) is 14.0. The van der Waals surface area contributed by atoms with Gasteiger partial charge in [0.2, 0.25) is 0 Å². The number of piperidine rings is 1. The smallest absolute Gasteiger partial charge is 0.478 e. The van der Waals surface area contributed by atoms with Crippen molar-refractivity contribution in [1.29, 1.82) is 0 Å². The molecule has 266 valence electrons. The van der Waals surface area contributed by atoms with Crippen LogP contribution in [0.2, 0.25) is 0 Å². The van der Waals surface area contributed by atoms with Gasteiger partial charge < -0.3 is 30.2 Å². The van der Waals surface area contributed by atoms with Gasteiger partial charge in [0.25, 0.3) is 11.5 Å². The van der Waals surface area contributed by atoms with Crippen molar-refractivity contribution in [1.82, 2.24) is 29.7 Å². The molecule has 1 atom stereocenters. The highest BCUT2D eigenvalue weighted by molar-refractivity contribution is 5.94. The Kier molecular flexibility index (Phi) is 10.7. The standard InChI is InChI=1S/C23H23F2N7O3.2C2HF3O2/c24-14-7-27-15-1-2-19(34)32-12-23(25,20(14)21(15)32)11-31-5-3-13(4-6-31)26-9-17-28-8-16-22(29-17)30-18(33)10-35-16;2*3-2(4,5)1(6)7/h1-2,7-8,13,26H,3-6,9-12H2,(H,28,29,30,33);2*(H,6,7)/t23-;;/m0../s1. The second-order valence-electron chi connectivity index (χ2n) is 10.8.